The Hall–Kier alpha value is -1.64. The molecule has 1 aromatic carbocycles. The molecule has 1 atom stereocenters. The highest BCUT2D eigenvalue weighted by molar-refractivity contribution is 6.12. The van der Waals surface area contributed by atoms with Gasteiger partial charge in [0, 0.05) is 22.9 Å². The predicted octanol–water partition coefficient (Wildman–Crippen LogP) is 3.40. The van der Waals surface area contributed by atoms with E-state index in [1.807, 2.05) is 25.1 Å². The average molecular weight is 256 g/mol. The summed E-state index contributed by atoms with van der Waals surface area (Å²) in [6, 6.07) is 7.77. The molecule has 19 heavy (non-hydrogen) atoms. The van der Waals surface area contributed by atoms with E-state index in [0.29, 0.717) is 5.92 Å². The molecule has 1 aromatic rings. The molecule has 100 valence electrons. The topological polar surface area (TPSA) is 41.5 Å². The lowest BCUT2D eigenvalue weighted by Crippen LogP contribution is -2.23. The maximum Gasteiger partial charge on any atom is 0.248 e. The van der Waals surface area contributed by atoms with E-state index in [1.54, 1.807) is 0 Å². The fourth-order valence-electron chi connectivity index (χ4n) is 3.09. The van der Waals surface area contributed by atoms with Crippen molar-refractivity contribution in [1.29, 1.82) is 0 Å². The van der Waals surface area contributed by atoms with Crippen LogP contribution in [-0.4, -0.2) is 17.7 Å². The van der Waals surface area contributed by atoms with Crippen LogP contribution in [0.5, 0.6) is 0 Å². The second-order valence-electron chi connectivity index (χ2n) is 5.56. The summed E-state index contributed by atoms with van der Waals surface area (Å²) in [5, 5.41) is 2.99. The number of rotatable bonds is 1. The molecule has 3 heteroatoms. The van der Waals surface area contributed by atoms with E-state index >= 15 is 0 Å². The van der Waals surface area contributed by atoms with Crippen LogP contribution in [0.3, 0.4) is 0 Å². The van der Waals surface area contributed by atoms with Gasteiger partial charge in [0.15, 0.2) is 0 Å². The lowest BCUT2D eigenvalue weighted by molar-refractivity contribution is -0.116. The molecule has 1 amide bonds. The van der Waals surface area contributed by atoms with Gasteiger partial charge in [-0.1, -0.05) is 37.5 Å². The molecule has 1 saturated carbocycles. The predicted molar refractivity (Wildman–Crippen MR) is 77.6 cm³/mol. The van der Waals surface area contributed by atoms with Crippen LogP contribution >= 0.6 is 0 Å². The van der Waals surface area contributed by atoms with Crippen molar-refractivity contribution >= 4 is 17.3 Å². The van der Waals surface area contributed by atoms with Crippen molar-refractivity contribution < 1.29 is 4.79 Å². The van der Waals surface area contributed by atoms with Gasteiger partial charge in [0.25, 0.3) is 0 Å². The Morgan fingerprint density at radius 3 is 2.68 bits per heavy atom. The van der Waals surface area contributed by atoms with Gasteiger partial charge >= 0.3 is 0 Å². The van der Waals surface area contributed by atoms with E-state index in [1.165, 1.54) is 32.1 Å². The minimum absolute atomic E-state index is 0.00161. The molecule has 1 heterocycles. The summed E-state index contributed by atoms with van der Waals surface area (Å²) in [5.41, 5.74) is 3.18. The number of carbonyl (C=O) groups excluding carboxylic acids is 1. The Labute approximate surface area is 114 Å². The standard InChI is InChI=1S/C16H20N2O/c1-11-16(19)18-14-10-6-5-9-13(14)15(17-11)12-7-3-2-4-8-12/h5-6,9-12H,2-4,7-8H2,1H3,(H,18,19). The Bertz CT molecular complexity index is 515. The van der Waals surface area contributed by atoms with Crippen LogP contribution in [0.4, 0.5) is 5.69 Å². The summed E-state index contributed by atoms with van der Waals surface area (Å²) in [7, 11) is 0. The van der Waals surface area contributed by atoms with E-state index in [9.17, 15) is 4.79 Å². The molecule has 3 nitrogen and oxygen atoms in total. The molecule has 1 aliphatic carbocycles. The van der Waals surface area contributed by atoms with Gasteiger partial charge in [-0.05, 0) is 25.8 Å². The van der Waals surface area contributed by atoms with E-state index < -0.39 is 0 Å². The molecular weight excluding hydrogens is 236 g/mol. The van der Waals surface area contributed by atoms with Crippen molar-refractivity contribution in [3.05, 3.63) is 29.8 Å². The van der Waals surface area contributed by atoms with Crippen LogP contribution in [-0.2, 0) is 4.79 Å². The quantitative estimate of drug-likeness (QED) is 0.822. The first kappa shape index (κ1) is 12.4. The average Bonchev–Trinajstić information content (AvgIpc) is 2.58. The van der Waals surface area contributed by atoms with Gasteiger partial charge in [-0.2, -0.15) is 0 Å². The monoisotopic (exact) mass is 256 g/mol. The van der Waals surface area contributed by atoms with Crippen molar-refractivity contribution in [1.82, 2.24) is 0 Å². The number of nitrogens with zero attached hydrogens (tertiary/aromatic N) is 1. The number of benzene rings is 1. The van der Waals surface area contributed by atoms with Gasteiger partial charge in [-0.15, -0.1) is 0 Å². The number of para-hydroxylation sites is 1. The van der Waals surface area contributed by atoms with Crippen molar-refractivity contribution in [2.45, 2.75) is 45.1 Å². The lowest BCUT2D eigenvalue weighted by atomic mass is 9.83. The van der Waals surface area contributed by atoms with Crippen molar-refractivity contribution in [3.63, 3.8) is 0 Å². The number of amides is 1. The molecule has 1 fully saturated rings. The summed E-state index contributed by atoms with van der Waals surface area (Å²) in [6.07, 6.45) is 6.30. The van der Waals surface area contributed by atoms with Gasteiger partial charge in [0.1, 0.15) is 6.04 Å². The van der Waals surface area contributed by atoms with Gasteiger partial charge in [0.2, 0.25) is 5.91 Å². The Kier molecular flexibility index (Phi) is 3.36. The van der Waals surface area contributed by atoms with Crippen LogP contribution in [0.15, 0.2) is 29.3 Å². The summed E-state index contributed by atoms with van der Waals surface area (Å²) in [5.74, 6) is 0.517. The first-order chi connectivity index (χ1) is 9.25. The van der Waals surface area contributed by atoms with Crippen LogP contribution < -0.4 is 5.32 Å². The largest absolute Gasteiger partial charge is 0.324 e. The maximum atomic E-state index is 12.0. The van der Waals surface area contributed by atoms with Gasteiger partial charge in [-0.25, -0.2) is 0 Å². The first-order valence-corrected chi connectivity index (χ1v) is 7.23. The molecule has 0 radical (unpaired) electrons. The first-order valence-electron chi connectivity index (χ1n) is 7.23. The number of aliphatic imine (C=N–C) groups is 1. The van der Waals surface area contributed by atoms with Crippen LogP contribution in [0.25, 0.3) is 0 Å². The zero-order valence-electron chi connectivity index (χ0n) is 11.4. The highest BCUT2D eigenvalue weighted by atomic mass is 16.2. The fraction of sp³-hybridized carbons (Fsp3) is 0.500. The number of fused-ring (bicyclic) bond motifs is 1. The molecule has 2 aliphatic rings. The molecular formula is C16H20N2O. The number of hydrogen-bond acceptors (Lipinski definition) is 2. The molecule has 0 saturated heterocycles. The van der Waals surface area contributed by atoms with Gasteiger partial charge < -0.3 is 5.32 Å². The summed E-state index contributed by atoms with van der Waals surface area (Å²) in [4.78, 5) is 16.7. The van der Waals surface area contributed by atoms with Crippen LogP contribution in [0.1, 0.15) is 44.6 Å². The number of anilines is 1. The lowest BCUT2D eigenvalue weighted by Gasteiger charge is -2.24. The SMILES string of the molecule is CC1N=C(C2CCCCC2)c2ccccc2NC1=O. The van der Waals surface area contributed by atoms with E-state index in [-0.39, 0.29) is 11.9 Å². The Morgan fingerprint density at radius 1 is 1.16 bits per heavy atom. The summed E-state index contributed by atoms with van der Waals surface area (Å²) >= 11 is 0. The summed E-state index contributed by atoms with van der Waals surface area (Å²) in [6.45, 7) is 1.88. The van der Waals surface area contributed by atoms with Crippen molar-refractivity contribution in [2.24, 2.45) is 10.9 Å². The van der Waals surface area contributed by atoms with Crippen molar-refractivity contribution in [2.75, 3.05) is 5.32 Å². The number of carbonyl (C=O) groups is 1. The molecule has 3 rings (SSSR count). The zero-order chi connectivity index (χ0) is 13.2. The van der Waals surface area contributed by atoms with Gasteiger partial charge in [0.05, 0.1) is 0 Å². The van der Waals surface area contributed by atoms with Crippen LogP contribution in [0, 0.1) is 5.92 Å². The Balaban J connectivity index is 2.03. The highest BCUT2D eigenvalue weighted by Crippen LogP contribution is 2.31. The van der Waals surface area contributed by atoms with Crippen molar-refractivity contribution in [3.8, 4) is 0 Å². The minimum Gasteiger partial charge on any atom is -0.324 e. The zero-order valence-corrected chi connectivity index (χ0v) is 11.4. The second kappa shape index (κ2) is 5.16. The maximum absolute atomic E-state index is 12.0. The van der Waals surface area contributed by atoms with Gasteiger partial charge in [-0.3, -0.25) is 9.79 Å². The number of nitrogens with one attached hydrogen (secondary N) is 1. The Morgan fingerprint density at radius 2 is 1.89 bits per heavy atom. The third-order valence-corrected chi connectivity index (χ3v) is 4.16. The number of hydrogen-bond donors (Lipinski definition) is 1. The van der Waals surface area contributed by atoms with E-state index in [2.05, 4.69) is 11.4 Å². The molecule has 0 spiro atoms. The number of benzodiazepines with no additional fused rings is 1. The molecule has 0 bridgehead atoms. The van der Waals surface area contributed by atoms with Crippen LogP contribution in [0.2, 0.25) is 0 Å². The van der Waals surface area contributed by atoms with E-state index in [0.717, 1.165) is 17.0 Å². The summed E-state index contributed by atoms with van der Waals surface area (Å²) < 4.78 is 0. The minimum atomic E-state index is -0.288. The highest BCUT2D eigenvalue weighted by Gasteiger charge is 2.27. The molecule has 1 N–H and O–H groups in total. The third kappa shape index (κ3) is 2.42. The molecule has 1 unspecified atom stereocenters. The van der Waals surface area contributed by atoms with E-state index in [4.69, 9.17) is 4.99 Å². The normalized spacial score (nSPS) is 24.2. The molecule has 1 aliphatic heterocycles. The smallest absolute Gasteiger partial charge is 0.248 e. The second-order valence-corrected chi connectivity index (χ2v) is 5.56. The molecule has 0 aromatic heterocycles. The fourth-order valence-corrected chi connectivity index (χ4v) is 3.09. The third-order valence-electron chi connectivity index (χ3n) is 4.16.